The van der Waals surface area contributed by atoms with Gasteiger partial charge in [-0.2, -0.15) is 0 Å². The highest BCUT2D eigenvalue weighted by molar-refractivity contribution is 9.10. The highest BCUT2D eigenvalue weighted by Gasteiger charge is 2.22. The van der Waals surface area contributed by atoms with E-state index in [9.17, 15) is 5.11 Å². The van der Waals surface area contributed by atoms with Gasteiger partial charge >= 0.3 is 0 Å². The van der Waals surface area contributed by atoms with Gasteiger partial charge in [-0.1, -0.05) is 15.9 Å². The average Bonchev–Trinajstić information content (AvgIpc) is 2.52. The number of rotatable bonds is 3. The van der Waals surface area contributed by atoms with E-state index in [2.05, 4.69) is 58.2 Å². The zero-order valence-corrected chi connectivity index (χ0v) is 13.3. The van der Waals surface area contributed by atoms with Crippen molar-refractivity contribution in [3.8, 4) is 0 Å². The first-order chi connectivity index (χ1) is 9.10. The number of nitrogens with zero attached hydrogens (tertiary/aromatic N) is 1. The van der Waals surface area contributed by atoms with Gasteiger partial charge in [-0.15, -0.1) is 0 Å². The van der Waals surface area contributed by atoms with Crippen LogP contribution in [0.2, 0.25) is 0 Å². The molecular weight excluding hydrogens is 304 g/mol. The Bertz CT molecular complexity index is 425. The molecule has 2 unspecified atom stereocenters. The van der Waals surface area contributed by atoms with Gasteiger partial charge < -0.3 is 15.3 Å². The van der Waals surface area contributed by atoms with E-state index in [1.807, 2.05) is 0 Å². The van der Waals surface area contributed by atoms with Gasteiger partial charge in [0.15, 0.2) is 0 Å². The Morgan fingerprint density at radius 2 is 2.26 bits per heavy atom. The summed E-state index contributed by atoms with van der Waals surface area (Å²) in [5, 5.41) is 12.8. The first kappa shape index (κ1) is 14.8. The molecule has 3 nitrogen and oxygen atoms in total. The predicted molar refractivity (Wildman–Crippen MR) is 83.8 cm³/mol. The van der Waals surface area contributed by atoms with Gasteiger partial charge in [-0.3, -0.25) is 0 Å². The number of hydrogen-bond donors (Lipinski definition) is 2. The number of aryl methyl sites for hydroxylation is 1. The molecule has 1 aromatic rings. The third kappa shape index (κ3) is 3.94. The van der Waals surface area contributed by atoms with Gasteiger partial charge in [0.2, 0.25) is 0 Å². The SMILES string of the molecule is Cc1cc(Br)ccc1N1CCC(C)NC(CCO)C1. The number of hydrogen-bond acceptors (Lipinski definition) is 3. The fourth-order valence-electron chi connectivity index (χ4n) is 2.77. The molecule has 1 fully saturated rings. The van der Waals surface area contributed by atoms with Crippen LogP contribution in [-0.2, 0) is 0 Å². The Balaban J connectivity index is 2.17. The van der Waals surface area contributed by atoms with E-state index < -0.39 is 0 Å². The van der Waals surface area contributed by atoms with Crippen molar-refractivity contribution in [1.82, 2.24) is 5.32 Å². The summed E-state index contributed by atoms with van der Waals surface area (Å²) in [5.74, 6) is 0. The van der Waals surface area contributed by atoms with Crippen LogP contribution in [0.5, 0.6) is 0 Å². The summed E-state index contributed by atoms with van der Waals surface area (Å²) in [4.78, 5) is 2.44. The molecule has 2 rings (SSSR count). The van der Waals surface area contributed by atoms with E-state index in [1.54, 1.807) is 0 Å². The molecule has 19 heavy (non-hydrogen) atoms. The molecule has 0 aliphatic carbocycles. The lowest BCUT2D eigenvalue weighted by molar-refractivity contribution is 0.263. The molecule has 0 aromatic heterocycles. The predicted octanol–water partition coefficient (Wildman–Crippen LogP) is 2.70. The molecule has 0 saturated carbocycles. The van der Waals surface area contributed by atoms with Crippen molar-refractivity contribution in [1.29, 1.82) is 0 Å². The highest BCUT2D eigenvalue weighted by atomic mass is 79.9. The van der Waals surface area contributed by atoms with Crippen LogP contribution in [0.25, 0.3) is 0 Å². The summed E-state index contributed by atoms with van der Waals surface area (Å²) in [6.45, 7) is 6.66. The molecule has 0 bridgehead atoms. The van der Waals surface area contributed by atoms with Gasteiger partial charge in [0.25, 0.3) is 0 Å². The van der Waals surface area contributed by atoms with E-state index in [4.69, 9.17) is 0 Å². The summed E-state index contributed by atoms with van der Waals surface area (Å²) < 4.78 is 1.13. The maximum atomic E-state index is 9.18. The van der Waals surface area contributed by atoms with Crippen molar-refractivity contribution in [3.63, 3.8) is 0 Å². The van der Waals surface area contributed by atoms with Gasteiger partial charge in [-0.25, -0.2) is 0 Å². The minimum absolute atomic E-state index is 0.248. The van der Waals surface area contributed by atoms with E-state index in [1.165, 1.54) is 11.3 Å². The maximum Gasteiger partial charge on any atom is 0.0446 e. The Labute approximate surface area is 124 Å². The van der Waals surface area contributed by atoms with Gasteiger partial charge in [-0.05, 0) is 50.5 Å². The summed E-state index contributed by atoms with van der Waals surface area (Å²) in [6.07, 6.45) is 1.95. The van der Waals surface area contributed by atoms with Gasteiger partial charge in [0.05, 0.1) is 0 Å². The molecule has 106 valence electrons. The minimum Gasteiger partial charge on any atom is -0.396 e. The molecule has 0 radical (unpaired) electrons. The first-order valence-electron chi connectivity index (χ1n) is 6.98. The van der Waals surface area contributed by atoms with Crippen molar-refractivity contribution >= 4 is 21.6 Å². The van der Waals surface area contributed by atoms with Crippen LogP contribution in [0.1, 0.15) is 25.3 Å². The smallest absolute Gasteiger partial charge is 0.0446 e. The largest absolute Gasteiger partial charge is 0.396 e. The van der Waals surface area contributed by atoms with Crippen molar-refractivity contribution < 1.29 is 5.11 Å². The third-order valence-corrected chi connectivity index (χ3v) is 4.26. The molecule has 0 spiro atoms. The maximum absolute atomic E-state index is 9.18. The van der Waals surface area contributed by atoms with Crippen LogP contribution in [0.15, 0.2) is 22.7 Å². The summed E-state index contributed by atoms with van der Waals surface area (Å²) >= 11 is 3.52. The van der Waals surface area contributed by atoms with E-state index in [0.717, 1.165) is 30.4 Å². The number of anilines is 1. The minimum atomic E-state index is 0.248. The van der Waals surface area contributed by atoms with Crippen molar-refractivity contribution in [2.24, 2.45) is 0 Å². The number of benzene rings is 1. The van der Waals surface area contributed by atoms with Crippen LogP contribution in [0, 0.1) is 6.92 Å². The van der Waals surface area contributed by atoms with Gasteiger partial charge in [0.1, 0.15) is 0 Å². The molecule has 0 amide bonds. The Morgan fingerprint density at radius 1 is 1.47 bits per heavy atom. The highest BCUT2D eigenvalue weighted by Crippen LogP contribution is 2.25. The lowest BCUT2D eigenvalue weighted by atomic mass is 10.1. The molecular formula is C15H23BrN2O. The van der Waals surface area contributed by atoms with Crippen LogP contribution < -0.4 is 10.2 Å². The fraction of sp³-hybridized carbons (Fsp3) is 0.600. The normalized spacial score (nSPS) is 24.3. The first-order valence-corrected chi connectivity index (χ1v) is 7.77. The molecule has 1 aromatic carbocycles. The quantitative estimate of drug-likeness (QED) is 0.896. The number of aliphatic hydroxyl groups excluding tert-OH is 1. The lowest BCUT2D eigenvalue weighted by Crippen LogP contribution is -2.40. The van der Waals surface area contributed by atoms with Crippen molar-refractivity contribution in [2.75, 3.05) is 24.6 Å². The molecule has 1 aliphatic heterocycles. The third-order valence-electron chi connectivity index (χ3n) is 3.77. The second-order valence-corrected chi connectivity index (χ2v) is 6.36. The monoisotopic (exact) mass is 326 g/mol. The van der Waals surface area contributed by atoms with Crippen LogP contribution in [-0.4, -0.2) is 36.9 Å². The van der Waals surface area contributed by atoms with Crippen molar-refractivity contribution in [3.05, 3.63) is 28.2 Å². The zero-order valence-electron chi connectivity index (χ0n) is 11.7. The number of nitrogens with one attached hydrogen (secondary N) is 1. The standard InChI is InChI=1S/C15H23BrN2O/c1-11-9-13(16)3-4-15(11)18-7-5-12(2)17-14(10-18)6-8-19/h3-4,9,12,14,17,19H,5-8,10H2,1-2H3. The topological polar surface area (TPSA) is 35.5 Å². The van der Waals surface area contributed by atoms with Crippen molar-refractivity contribution in [2.45, 2.75) is 38.8 Å². The van der Waals surface area contributed by atoms with Crippen LogP contribution in [0.3, 0.4) is 0 Å². The average molecular weight is 327 g/mol. The second kappa shape index (κ2) is 6.73. The molecule has 2 atom stereocenters. The van der Waals surface area contributed by atoms with E-state index in [-0.39, 0.29) is 6.61 Å². The molecule has 4 heteroatoms. The number of aliphatic hydroxyl groups is 1. The summed E-state index contributed by atoms with van der Waals surface area (Å²) in [5.41, 5.74) is 2.61. The van der Waals surface area contributed by atoms with Gasteiger partial charge in [0, 0.05) is 41.9 Å². The zero-order chi connectivity index (χ0) is 13.8. The molecule has 1 saturated heterocycles. The van der Waals surface area contributed by atoms with Crippen LogP contribution in [0.4, 0.5) is 5.69 Å². The fourth-order valence-corrected chi connectivity index (χ4v) is 3.24. The second-order valence-electron chi connectivity index (χ2n) is 5.44. The number of halogens is 1. The Hall–Kier alpha value is -0.580. The summed E-state index contributed by atoms with van der Waals surface area (Å²) in [7, 11) is 0. The molecule has 1 heterocycles. The van der Waals surface area contributed by atoms with E-state index >= 15 is 0 Å². The Kier molecular flexibility index (Phi) is 5.25. The molecule has 2 N–H and O–H groups in total. The lowest BCUT2D eigenvalue weighted by Gasteiger charge is -2.27. The van der Waals surface area contributed by atoms with Crippen LogP contribution >= 0.6 is 15.9 Å². The summed E-state index contributed by atoms with van der Waals surface area (Å²) in [6, 6.07) is 7.33. The molecule has 1 aliphatic rings. The Morgan fingerprint density at radius 3 is 2.95 bits per heavy atom. The van der Waals surface area contributed by atoms with E-state index in [0.29, 0.717) is 12.1 Å².